The standard InChI is InChI=1S/C57H89F2NO4/c1-17-19-21-23-25-27-29-63-51-44(53(5,6)7)33-41(34-45(51)54(8,9)10)57(62,49(31-39(3)4)60-38-40-32-43(58)37-48(59)50(40)61)42-35-46(55(11,12)13)52(47(36-42)56(14,15)16)64-30-28-26-24-22-20-18-2/h32-39,49,61-62H,17-31H2,1-16H3. The predicted molar refractivity (Wildman–Crippen MR) is 267 cm³/mol. The highest BCUT2D eigenvalue weighted by atomic mass is 19.1. The van der Waals surface area contributed by atoms with E-state index in [2.05, 4.69) is 135 Å². The molecule has 3 aromatic carbocycles. The van der Waals surface area contributed by atoms with Crippen LogP contribution < -0.4 is 9.47 Å². The van der Waals surface area contributed by atoms with Gasteiger partial charge in [0.05, 0.1) is 19.3 Å². The fourth-order valence-electron chi connectivity index (χ4n) is 8.54. The van der Waals surface area contributed by atoms with E-state index in [-0.39, 0.29) is 33.1 Å². The monoisotopic (exact) mass is 890 g/mol. The van der Waals surface area contributed by atoms with Gasteiger partial charge in [0.1, 0.15) is 22.9 Å². The van der Waals surface area contributed by atoms with Gasteiger partial charge in [-0.1, -0.05) is 175 Å². The van der Waals surface area contributed by atoms with Gasteiger partial charge in [-0.25, -0.2) is 8.78 Å². The summed E-state index contributed by atoms with van der Waals surface area (Å²) in [6.07, 6.45) is 15.6. The fourth-order valence-corrected chi connectivity index (χ4v) is 8.54. The Labute approximate surface area is 389 Å². The van der Waals surface area contributed by atoms with E-state index in [0.717, 1.165) is 65.5 Å². The molecule has 3 aromatic rings. The molecule has 0 saturated carbocycles. The van der Waals surface area contributed by atoms with Crippen LogP contribution in [0.25, 0.3) is 0 Å². The highest BCUT2D eigenvalue weighted by Gasteiger charge is 2.45. The van der Waals surface area contributed by atoms with Crippen LogP contribution in [0.2, 0.25) is 0 Å². The van der Waals surface area contributed by atoms with Crippen molar-refractivity contribution in [1.29, 1.82) is 0 Å². The molecule has 64 heavy (non-hydrogen) atoms. The highest BCUT2D eigenvalue weighted by molar-refractivity contribution is 5.83. The van der Waals surface area contributed by atoms with E-state index >= 15 is 0 Å². The Morgan fingerprint density at radius 2 is 0.922 bits per heavy atom. The zero-order valence-corrected chi connectivity index (χ0v) is 43.2. The van der Waals surface area contributed by atoms with Crippen molar-refractivity contribution < 1.29 is 28.5 Å². The van der Waals surface area contributed by atoms with E-state index < -0.39 is 29.0 Å². The lowest BCUT2D eigenvalue weighted by molar-refractivity contribution is 0.0447. The van der Waals surface area contributed by atoms with Crippen LogP contribution in [0.1, 0.15) is 233 Å². The summed E-state index contributed by atoms with van der Waals surface area (Å²) in [7, 11) is 0. The van der Waals surface area contributed by atoms with E-state index in [0.29, 0.717) is 36.8 Å². The SMILES string of the molecule is CCCCCCCCOc1c(C(C)(C)C)cc(C(O)(c2cc(C(C)(C)C)c(OCCCCCCCC)c(C(C)(C)C)c2)C(CC(C)C)N=Cc2cc(F)cc(F)c2O)cc1C(C)(C)C. The van der Waals surface area contributed by atoms with Crippen LogP contribution in [0.15, 0.2) is 41.4 Å². The Kier molecular flexibility index (Phi) is 20.0. The summed E-state index contributed by atoms with van der Waals surface area (Å²) in [6, 6.07) is 9.34. The average molecular weight is 890 g/mol. The van der Waals surface area contributed by atoms with E-state index in [9.17, 15) is 19.0 Å². The number of rotatable bonds is 23. The second-order valence-corrected chi connectivity index (χ2v) is 23.0. The summed E-state index contributed by atoms with van der Waals surface area (Å²) in [5.74, 6) is -0.819. The van der Waals surface area contributed by atoms with Crippen LogP contribution in [-0.2, 0) is 27.3 Å². The van der Waals surface area contributed by atoms with Gasteiger partial charge in [0.15, 0.2) is 11.6 Å². The smallest absolute Gasteiger partial charge is 0.168 e. The van der Waals surface area contributed by atoms with Crippen LogP contribution in [0, 0.1) is 17.6 Å². The largest absolute Gasteiger partial charge is 0.504 e. The summed E-state index contributed by atoms with van der Waals surface area (Å²) in [6.45, 7) is 36.1. The molecule has 0 heterocycles. The van der Waals surface area contributed by atoms with Crippen molar-refractivity contribution in [3.05, 3.63) is 87.0 Å². The molecule has 0 saturated heterocycles. The minimum absolute atomic E-state index is 0.0553. The third-order valence-corrected chi connectivity index (χ3v) is 12.4. The average Bonchev–Trinajstić information content (AvgIpc) is 3.18. The van der Waals surface area contributed by atoms with Gasteiger partial charge in [0.25, 0.3) is 0 Å². The number of hydrogen-bond donors (Lipinski definition) is 2. The van der Waals surface area contributed by atoms with Gasteiger partial charge in [-0.3, -0.25) is 4.99 Å². The molecule has 0 aromatic heterocycles. The molecule has 0 amide bonds. The zero-order chi connectivity index (χ0) is 48.3. The number of aromatic hydroxyl groups is 1. The molecule has 0 aliphatic carbocycles. The van der Waals surface area contributed by atoms with Gasteiger partial charge < -0.3 is 19.7 Å². The fraction of sp³-hybridized carbons (Fsp3) is 0.667. The van der Waals surface area contributed by atoms with Crippen molar-refractivity contribution in [3.63, 3.8) is 0 Å². The van der Waals surface area contributed by atoms with E-state index in [1.165, 1.54) is 57.6 Å². The number of hydrogen-bond acceptors (Lipinski definition) is 5. The quantitative estimate of drug-likeness (QED) is 0.0735. The molecule has 0 aliphatic rings. The molecular formula is C57H89F2NO4. The normalized spacial score (nSPS) is 13.6. The molecule has 360 valence electrons. The molecule has 0 fully saturated rings. The molecule has 0 radical (unpaired) electrons. The van der Waals surface area contributed by atoms with Crippen molar-refractivity contribution >= 4 is 6.21 Å². The number of aliphatic imine (C=N–C) groups is 1. The Hall–Kier alpha value is -3.45. The van der Waals surface area contributed by atoms with Gasteiger partial charge in [0.2, 0.25) is 0 Å². The third-order valence-electron chi connectivity index (χ3n) is 12.4. The number of phenolic OH excluding ortho intramolecular Hbond substituents is 1. The zero-order valence-electron chi connectivity index (χ0n) is 43.2. The lowest BCUT2D eigenvalue weighted by Gasteiger charge is -2.41. The first kappa shape index (κ1) is 54.9. The lowest BCUT2D eigenvalue weighted by atomic mass is 9.69. The van der Waals surface area contributed by atoms with Crippen molar-refractivity contribution in [2.75, 3.05) is 13.2 Å². The van der Waals surface area contributed by atoms with Crippen molar-refractivity contribution in [1.82, 2.24) is 0 Å². The van der Waals surface area contributed by atoms with E-state index in [1.807, 2.05) is 0 Å². The van der Waals surface area contributed by atoms with Crippen molar-refractivity contribution in [2.45, 2.75) is 228 Å². The summed E-state index contributed by atoms with van der Waals surface area (Å²) in [4.78, 5) is 5.07. The van der Waals surface area contributed by atoms with Crippen LogP contribution in [0.5, 0.6) is 17.2 Å². The maximum Gasteiger partial charge on any atom is 0.168 e. The maximum atomic E-state index is 14.8. The first-order chi connectivity index (χ1) is 29.7. The minimum atomic E-state index is -1.78. The molecule has 1 atom stereocenters. The Morgan fingerprint density at radius 1 is 0.562 bits per heavy atom. The highest BCUT2D eigenvalue weighted by Crippen LogP contribution is 2.49. The first-order valence-electron chi connectivity index (χ1n) is 24.8. The Balaban J connectivity index is 2.52. The number of ether oxygens (including phenoxy) is 2. The van der Waals surface area contributed by atoms with Gasteiger partial charge in [-0.05, 0) is 88.3 Å². The van der Waals surface area contributed by atoms with Gasteiger partial charge >= 0.3 is 0 Å². The molecular weight excluding hydrogens is 801 g/mol. The third kappa shape index (κ3) is 15.0. The number of benzene rings is 3. The second kappa shape index (κ2) is 23.3. The maximum absolute atomic E-state index is 14.8. The van der Waals surface area contributed by atoms with Crippen molar-refractivity contribution in [3.8, 4) is 17.2 Å². The molecule has 2 N–H and O–H groups in total. The van der Waals surface area contributed by atoms with E-state index in [4.69, 9.17) is 14.5 Å². The van der Waals surface area contributed by atoms with Crippen molar-refractivity contribution in [2.24, 2.45) is 10.9 Å². The van der Waals surface area contributed by atoms with Crippen LogP contribution in [-0.4, -0.2) is 35.7 Å². The van der Waals surface area contributed by atoms with Crippen LogP contribution in [0.3, 0.4) is 0 Å². The minimum Gasteiger partial charge on any atom is -0.504 e. The number of phenols is 1. The summed E-state index contributed by atoms with van der Waals surface area (Å²) < 4.78 is 43.2. The molecule has 7 heteroatoms. The van der Waals surface area contributed by atoms with Gasteiger partial charge in [-0.15, -0.1) is 0 Å². The van der Waals surface area contributed by atoms with Gasteiger partial charge in [-0.2, -0.15) is 0 Å². The summed E-state index contributed by atoms with van der Waals surface area (Å²) in [5.41, 5.74) is 1.88. The number of nitrogens with zero attached hydrogens (tertiary/aromatic N) is 1. The predicted octanol–water partition coefficient (Wildman–Crippen LogP) is 16.1. The molecule has 3 rings (SSSR count). The Morgan fingerprint density at radius 3 is 1.27 bits per heavy atom. The lowest BCUT2D eigenvalue weighted by Crippen LogP contribution is -2.42. The number of halogens is 2. The topological polar surface area (TPSA) is 71.3 Å². The molecule has 0 bridgehead atoms. The first-order valence-corrected chi connectivity index (χ1v) is 24.8. The van der Waals surface area contributed by atoms with E-state index in [1.54, 1.807) is 0 Å². The number of unbranched alkanes of at least 4 members (excludes halogenated alkanes) is 10. The number of aliphatic hydroxyl groups is 1. The molecule has 5 nitrogen and oxygen atoms in total. The van der Waals surface area contributed by atoms with Crippen LogP contribution >= 0.6 is 0 Å². The summed E-state index contributed by atoms with van der Waals surface area (Å²) in [5, 5.41) is 25.1. The summed E-state index contributed by atoms with van der Waals surface area (Å²) >= 11 is 0. The molecule has 1 unspecified atom stereocenters. The molecule has 0 spiro atoms. The van der Waals surface area contributed by atoms with Gasteiger partial charge in [0, 0.05) is 40.1 Å². The van der Waals surface area contributed by atoms with Crippen LogP contribution in [0.4, 0.5) is 8.78 Å². The second-order valence-electron chi connectivity index (χ2n) is 23.0. The Bertz CT molecular complexity index is 1790. The molecule has 0 aliphatic heterocycles.